The normalized spacial score (nSPS) is 9.67. The summed E-state index contributed by atoms with van der Waals surface area (Å²) in [6.07, 6.45) is 0. The summed E-state index contributed by atoms with van der Waals surface area (Å²) in [5.74, 6) is 0. The van der Waals surface area contributed by atoms with Crippen molar-refractivity contribution in [1.82, 2.24) is 0 Å². The third-order valence-electron chi connectivity index (χ3n) is 0. The third-order valence-corrected chi connectivity index (χ3v) is 0. The Bertz CT molecular complexity index is 224. The summed E-state index contributed by atoms with van der Waals surface area (Å²) in [7, 11) is -9.33. The third kappa shape index (κ3) is 931. The predicted molar refractivity (Wildman–Crippen MR) is 37.4 cm³/mol. The van der Waals surface area contributed by atoms with Crippen molar-refractivity contribution in [2.75, 3.05) is 0 Å². The standard InChI is InChI=1S/Li.Mg.2H2O4S.3H/c;;2*1-5(2,3)4;;;/h;;2*(H2,1,2,3,4);;;/q+1;+2;;;3*-1. The van der Waals surface area contributed by atoms with E-state index in [1.807, 2.05) is 0 Å². The van der Waals surface area contributed by atoms with Gasteiger partial charge in [-0.1, -0.05) is 0 Å². The molecule has 0 aliphatic rings. The van der Waals surface area contributed by atoms with E-state index in [4.69, 9.17) is 35.0 Å². The van der Waals surface area contributed by atoms with Crippen molar-refractivity contribution < 1.29 is 58.2 Å². The largest absolute Gasteiger partial charge is 2.00 e. The molecule has 12 heavy (non-hydrogen) atoms. The van der Waals surface area contributed by atoms with Crippen molar-refractivity contribution in [1.29, 1.82) is 0 Å². The van der Waals surface area contributed by atoms with E-state index < -0.39 is 20.8 Å². The first-order valence-corrected chi connectivity index (χ1v) is 4.19. The minimum Gasteiger partial charge on any atom is -1.00 e. The summed E-state index contributed by atoms with van der Waals surface area (Å²) in [5, 5.41) is 0. The fourth-order valence-corrected chi connectivity index (χ4v) is 0. The maximum absolute atomic E-state index is 8.74. The van der Waals surface area contributed by atoms with Gasteiger partial charge in [0.15, 0.2) is 0 Å². The van der Waals surface area contributed by atoms with E-state index in [0.29, 0.717) is 0 Å². The van der Waals surface area contributed by atoms with Crippen molar-refractivity contribution in [2.45, 2.75) is 0 Å². The minimum absolute atomic E-state index is 0. The number of rotatable bonds is 0. The summed E-state index contributed by atoms with van der Waals surface area (Å²) in [4.78, 5) is 0. The molecule has 0 aromatic rings. The smallest absolute Gasteiger partial charge is 1.00 e. The van der Waals surface area contributed by atoms with E-state index in [1.54, 1.807) is 0 Å². The van der Waals surface area contributed by atoms with Crippen LogP contribution < -0.4 is 18.9 Å². The van der Waals surface area contributed by atoms with Crippen LogP contribution in [0.15, 0.2) is 0 Å². The molecule has 70 valence electrons. The Morgan fingerprint density at radius 1 is 0.750 bits per heavy atom. The van der Waals surface area contributed by atoms with E-state index in [1.165, 1.54) is 0 Å². The topological polar surface area (TPSA) is 149 Å². The van der Waals surface area contributed by atoms with Gasteiger partial charge in [-0.15, -0.1) is 0 Å². The first kappa shape index (κ1) is 23.2. The van der Waals surface area contributed by atoms with Gasteiger partial charge in [-0.2, -0.15) is 16.8 Å². The molecular formula is H7LiMgO8S2. The summed E-state index contributed by atoms with van der Waals surface area (Å²) in [6, 6.07) is 0. The van der Waals surface area contributed by atoms with Gasteiger partial charge in [0.2, 0.25) is 0 Å². The molecule has 4 N–H and O–H groups in total. The number of hydrogen-bond acceptors (Lipinski definition) is 4. The Morgan fingerprint density at radius 3 is 0.750 bits per heavy atom. The second-order valence-electron chi connectivity index (χ2n) is 0.896. The molecule has 0 aliphatic carbocycles. The second kappa shape index (κ2) is 8.69. The van der Waals surface area contributed by atoms with E-state index in [-0.39, 0.29) is 46.2 Å². The summed E-state index contributed by atoms with van der Waals surface area (Å²) in [5.41, 5.74) is 0. The molecule has 12 heteroatoms. The van der Waals surface area contributed by atoms with Gasteiger partial charge >= 0.3 is 62.7 Å². The molecule has 0 fully saturated rings. The van der Waals surface area contributed by atoms with Crippen molar-refractivity contribution in [2.24, 2.45) is 0 Å². The first-order valence-electron chi connectivity index (χ1n) is 1.40. The molecule has 0 amide bonds. The van der Waals surface area contributed by atoms with E-state index in [0.717, 1.165) is 0 Å². The molecule has 0 atom stereocenters. The molecule has 0 rings (SSSR count). The van der Waals surface area contributed by atoms with Crippen LogP contribution in [0.2, 0.25) is 0 Å². The molecule has 0 spiro atoms. The number of hydrogen-bond donors (Lipinski definition) is 4. The molecule has 0 saturated heterocycles. The average molecular weight is 230 g/mol. The molecule has 0 saturated carbocycles. The minimum atomic E-state index is -4.67. The van der Waals surface area contributed by atoms with Gasteiger partial charge in [-0.05, 0) is 0 Å². The maximum atomic E-state index is 8.74. The zero-order valence-corrected chi connectivity index (χ0v) is 8.99. The Labute approximate surface area is 102 Å². The molecule has 8 nitrogen and oxygen atoms in total. The van der Waals surface area contributed by atoms with E-state index >= 15 is 0 Å². The Kier molecular flexibility index (Phi) is 16.8. The van der Waals surface area contributed by atoms with Crippen LogP contribution in [0, 0.1) is 0 Å². The molecule has 0 heterocycles. The summed E-state index contributed by atoms with van der Waals surface area (Å²) < 4.78 is 63.2. The molecule has 0 bridgehead atoms. The van der Waals surface area contributed by atoms with Crippen molar-refractivity contribution in [3.8, 4) is 0 Å². The molecule has 0 aliphatic heterocycles. The molecule has 0 aromatic carbocycles. The van der Waals surface area contributed by atoms with Crippen LogP contribution in [-0.4, -0.2) is 58.1 Å². The monoisotopic (exact) mass is 230 g/mol. The fourth-order valence-electron chi connectivity index (χ4n) is 0. The summed E-state index contributed by atoms with van der Waals surface area (Å²) >= 11 is 0. The van der Waals surface area contributed by atoms with Crippen LogP contribution in [0.4, 0.5) is 0 Å². The van der Waals surface area contributed by atoms with Crippen molar-refractivity contribution in [3.05, 3.63) is 0 Å². The quantitative estimate of drug-likeness (QED) is 0.241. The van der Waals surface area contributed by atoms with Gasteiger partial charge in [-0.3, -0.25) is 18.2 Å². The SMILES string of the molecule is O=S(=O)(O)O.O=S(=O)(O)O.[H-].[H-].[H-].[Li+].[Mg+2]. The fraction of sp³-hybridized carbons (Fsp3) is 0. The van der Waals surface area contributed by atoms with Crippen molar-refractivity contribution >= 4 is 43.9 Å². The van der Waals surface area contributed by atoms with Crippen LogP contribution in [-0.2, 0) is 20.8 Å². The Balaban J connectivity index is -0.0000000128. The first-order chi connectivity index (χ1) is 4.00. The van der Waals surface area contributed by atoms with Gasteiger partial charge in [0, 0.05) is 0 Å². The van der Waals surface area contributed by atoms with Gasteiger partial charge in [0.1, 0.15) is 0 Å². The van der Waals surface area contributed by atoms with Gasteiger partial charge < -0.3 is 4.28 Å². The molecule has 0 unspecified atom stereocenters. The van der Waals surface area contributed by atoms with Crippen LogP contribution >= 0.6 is 0 Å². The van der Waals surface area contributed by atoms with Gasteiger partial charge in [0.25, 0.3) is 0 Å². The zero-order chi connectivity index (χ0) is 9.00. The molecule has 0 radical (unpaired) electrons. The van der Waals surface area contributed by atoms with Crippen LogP contribution in [0.5, 0.6) is 0 Å². The maximum Gasteiger partial charge on any atom is 2.00 e. The summed E-state index contributed by atoms with van der Waals surface area (Å²) in [6.45, 7) is 0. The van der Waals surface area contributed by atoms with Crippen molar-refractivity contribution in [3.63, 3.8) is 0 Å². The predicted octanol–water partition coefficient (Wildman–Crippen LogP) is -4.34. The van der Waals surface area contributed by atoms with Crippen LogP contribution in [0.3, 0.4) is 0 Å². The van der Waals surface area contributed by atoms with Crippen LogP contribution in [0.25, 0.3) is 0 Å². The van der Waals surface area contributed by atoms with E-state index in [2.05, 4.69) is 0 Å². The van der Waals surface area contributed by atoms with Gasteiger partial charge in [0.05, 0.1) is 0 Å². The molecular weight excluding hydrogens is 223 g/mol. The zero-order valence-electron chi connectivity index (χ0n) is 8.95. The Hall–Kier alpha value is 1.10. The molecule has 0 aromatic heterocycles. The van der Waals surface area contributed by atoms with Gasteiger partial charge in [-0.25, -0.2) is 0 Å². The second-order valence-corrected chi connectivity index (χ2v) is 2.69. The van der Waals surface area contributed by atoms with E-state index in [9.17, 15) is 0 Å². The average Bonchev–Trinajstić information content (AvgIpc) is 1.12. The van der Waals surface area contributed by atoms with Crippen LogP contribution in [0.1, 0.15) is 4.28 Å². The Morgan fingerprint density at radius 2 is 0.750 bits per heavy atom.